The van der Waals surface area contributed by atoms with Crippen molar-refractivity contribution < 1.29 is 22.8 Å². The molecule has 148 valence electrons. The second kappa shape index (κ2) is 7.69. The Morgan fingerprint density at radius 2 is 1.96 bits per heavy atom. The monoisotopic (exact) mass is 385 g/mol. The van der Waals surface area contributed by atoms with Crippen LogP contribution in [0.5, 0.6) is 0 Å². The topological polar surface area (TPSA) is 87.2 Å². The van der Waals surface area contributed by atoms with E-state index < -0.39 is 11.9 Å². The van der Waals surface area contributed by atoms with E-state index in [0.29, 0.717) is 38.9 Å². The minimum atomic E-state index is -4.51. The van der Waals surface area contributed by atoms with Crippen LogP contribution in [0.4, 0.5) is 19.0 Å². The number of aromatic nitrogens is 2. The van der Waals surface area contributed by atoms with Gasteiger partial charge in [-0.3, -0.25) is 9.59 Å². The number of hydrogen-bond donors (Lipinski definition) is 2. The summed E-state index contributed by atoms with van der Waals surface area (Å²) >= 11 is 0. The van der Waals surface area contributed by atoms with E-state index in [1.54, 1.807) is 4.90 Å². The number of alkyl halides is 3. The third-order valence-electron chi connectivity index (χ3n) is 4.90. The molecule has 7 nitrogen and oxygen atoms in total. The zero-order valence-electron chi connectivity index (χ0n) is 15.0. The quantitative estimate of drug-likeness (QED) is 0.822. The number of carbonyl (C=O) groups is 2. The van der Waals surface area contributed by atoms with Crippen molar-refractivity contribution in [1.82, 2.24) is 20.6 Å². The normalized spacial score (nSPS) is 21.7. The average Bonchev–Trinajstić information content (AvgIpc) is 2.61. The van der Waals surface area contributed by atoms with Gasteiger partial charge in [0.15, 0.2) is 0 Å². The van der Waals surface area contributed by atoms with E-state index in [0.717, 1.165) is 6.07 Å². The van der Waals surface area contributed by atoms with Crippen molar-refractivity contribution >= 4 is 17.6 Å². The second-order valence-electron chi connectivity index (χ2n) is 6.97. The van der Waals surface area contributed by atoms with Crippen LogP contribution >= 0.6 is 0 Å². The molecule has 1 unspecified atom stereocenters. The van der Waals surface area contributed by atoms with Gasteiger partial charge in [-0.15, -0.1) is 0 Å². The molecule has 2 fully saturated rings. The molecule has 27 heavy (non-hydrogen) atoms. The van der Waals surface area contributed by atoms with Crippen LogP contribution in [0.15, 0.2) is 6.07 Å². The molecular formula is C17H22F3N5O2. The summed E-state index contributed by atoms with van der Waals surface area (Å²) in [5.74, 6) is -0.221. The highest BCUT2D eigenvalue weighted by atomic mass is 19.4. The predicted molar refractivity (Wildman–Crippen MR) is 90.9 cm³/mol. The largest absolute Gasteiger partial charge is 0.433 e. The van der Waals surface area contributed by atoms with E-state index in [1.165, 1.54) is 6.92 Å². The Bertz CT molecular complexity index is 717. The van der Waals surface area contributed by atoms with E-state index >= 15 is 0 Å². The zero-order valence-corrected chi connectivity index (χ0v) is 15.0. The van der Waals surface area contributed by atoms with Gasteiger partial charge >= 0.3 is 6.18 Å². The summed E-state index contributed by atoms with van der Waals surface area (Å²) in [6, 6.07) is 0.913. The SMILES string of the molecule is Cc1nc(N2CCC(NC(=O)C3CCNC(=O)C3)CC2)cc(C(F)(F)F)n1. The Labute approximate surface area is 154 Å². The first-order chi connectivity index (χ1) is 12.7. The van der Waals surface area contributed by atoms with Gasteiger partial charge < -0.3 is 15.5 Å². The lowest BCUT2D eigenvalue weighted by Crippen LogP contribution is -2.48. The molecule has 3 rings (SSSR count). The predicted octanol–water partition coefficient (Wildman–Crippen LogP) is 1.42. The van der Waals surface area contributed by atoms with Gasteiger partial charge in [-0.05, 0) is 26.2 Å². The van der Waals surface area contributed by atoms with E-state index in [1.807, 2.05) is 0 Å². The third kappa shape index (κ3) is 4.86. The first kappa shape index (κ1) is 19.4. The highest BCUT2D eigenvalue weighted by Crippen LogP contribution is 2.30. The Hall–Kier alpha value is -2.39. The molecule has 0 saturated carbocycles. The van der Waals surface area contributed by atoms with Crippen LogP contribution in [0.3, 0.4) is 0 Å². The number of hydrogen-bond acceptors (Lipinski definition) is 5. The van der Waals surface area contributed by atoms with Gasteiger partial charge in [-0.25, -0.2) is 9.97 Å². The lowest BCUT2D eigenvalue weighted by molar-refractivity contribution is -0.141. The molecule has 1 atom stereocenters. The molecular weight excluding hydrogens is 363 g/mol. The van der Waals surface area contributed by atoms with Crippen molar-refractivity contribution in [3.8, 4) is 0 Å². The lowest BCUT2D eigenvalue weighted by atomic mass is 9.95. The summed E-state index contributed by atoms with van der Waals surface area (Å²) < 4.78 is 38.8. The second-order valence-corrected chi connectivity index (χ2v) is 6.97. The van der Waals surface area contributed by atoms with E-state index in [-0.39, 0.29) is 41.8 Å². The van der Waals surface area contributed by atoms with Crippen molar-refractivity contribution in [3.05, 3.63) is 17.6 Å². The van der Waals surface area contributed by atoms with Gasteiger partial charge in [0.05, 0.1) is 0 Å². The third-order valence-corrected chi connectivity index (χ3v) is 4.90. The van der Waals surface area contributed by atoms with Gasteiger partial charge in [-0.1, -0.05) is 0 Å². The molecule has 0 bridgehead atoms. The highest BCUT2D eigenvalue weighted by molar-refractivity contribution is 5.87. The Kier molecular flexibility index (Phi) is 5.52. The summed E-state index contributed by atoms with van der Waals surface area (Å²) in [5.41, 5.74) is -0.948. The number of rotatable bonds is 3. The minimum absolute atomic E-state index is 0.0521. The number of piperidine rings is 2. The number of nitrogens with zero attached hydrogens (tertiary/aromatic N) is 3. The van der Waals surface area contributed by atoms with Crippen molar-refractivity contribution in [3.63, 3.8) is 0 Å². The maximum absolute atomic E-state index is 12.9. The molecule has 2 amide bonds. The number of amides is 2. The van der Waals surface area contributed by atoms with E-state index in [9.17, 15) is 22.8 Å². The van der Waals surface area contributed by atoms with Crippen LogP contribution in [0.25, 0.3) is 0 Å². The molecule has 2 aliphatic rings. The number of halogens is 3. The number of anilines is 1. The summed E-state index contributed by atoms with van der Waals surface area (Å²) in [7, 11) is 0. The average molecular weight is 385 g/mol. The van der Waals surface area contributed by atoms with Gasteiger partial charge in [0.25, 0.3) is 0 Å². The van der Waals surface area contributed by atoms with Crippen molar-refractivity contribution in [2.24, 2.45) is 5.92 Å². The smallest absolute Gasteiger partial charge is 0.356 e. The zero-order chi connectivity index (χ0) is 19.6. The summed E-state index contributed by atoms with van der Waals surface area (Å²) in [6.07, 6.45) is -2.48. The van der Waals surface area contributed by atoms with E-state index in [4.69, 9.17) is 0 Å². The summed E-state index contributed by atoms with van der Waals surface area (Å²) in [6.45, 7) is 2.92. The molecule has 0 aromatic carbocycles. The van der Waals surface area contributed by atoms with Crippen molar-refractivity contribution in [2.75, 3.05) is 24.5 Å². The lowest BCUT2D eigenvalue weighted by Gasteiger charge is -2.34. The van der Waals surface area contributed by atoms with Crippen molar-refractivity contribution in [1.29, 1.82) is 0 Å². The number of nitrogens with one attached hydrogen (secondary N) is 2. The first-order valence-electron chi connectivity index (χ1n) is 8.97. The molecule has 1 aromatic rings. The van der Waals surface area contributed by atoms with Crippen LogP contribution in [0.1, 0.15) is 37.2 Å². The van der Waals surface area contributed by atoms with Gasteiger partial charge in [-0.2, -0.15) is 13.2 Å². The van der Waals surface area contributed by atoms with Crippen LogP contribution in [-0.4, -0.2) is 47.5 Å². The Morgan fingerprint density at radius 3 is 2.59 bits per heavy atom. The Balaban J connectivity index is 1.57. The minimum Gasteiger partial charge on any atom is -0.356 e. The van der Waals surface area contributed by atoms with Gasteiger partial charge in [0.1, 0.15) is 17.3 Å². The van der Waals surface area contributed by atoms with Crippen molar-refractivity contribution in [2.45, 2.75) is 44.8 Å². The number of carbonyl (C=O) groups excluding carboxylic acids is 2. The number of aryl methyl sites for hydroxylation is 1. The molecule has 1 aromatic heterocycles. The fourth-order valence-corrected chi connectivity index (χ4v) is 3.44. The maximum atomic E-state index is 12.9. The van der Waals surface area contributed by atoms with Crippen LogP contribution in [0.2, 0.25) is 0 Å². The molecule has 0 spiro atoms. The maximum Gasteiger partial charge on any atom is 0.433 e. The first-order valence-corrected chi connectivity index (χ1v) is 8.97. The van der Waals surface area contributed by atoms with Crippen LogP contribution in [0, 0.1) is 12.8 Å². The standard InChI is InChI=1S/C17H22F3N5O2/c1-10-22-13(17(18,19)20)9-14(23-10)25-6-3-12(4-7-25)24-16(27)11-2-5-21-15(26)8-11/h9,11-12H,2-8H2,1H3,(H,21,26)(H,24,27). The summed E-state index contributed by atoms with van der Waals surface area (Å²) in [4.78, 5) is 33.1. The Morgan fingerprint density at radius 1 is 1.26 bits per heavy atom. The highest BCUT2D eigenvalue weighted by Gasteiger charge is 2.34. The van der Waals surface area contributed by atoms with Crippen LogP contribution < -0.4 is 15.5 Å². The molecule has 3 heterocycles. The molecule has 2 N–H and O–H groups in total. The van der Waals surface area contributed by atoms with Gasteiger partial charge in [0.2, 0.25) is 11.8 Å². The summed E-state index contributed by atoms with van der Waals surface area (Å²) in [5, 5.41) is 5.67. The molecule has 0 aliphatic carbocycles. The van der Waals surface area contributed by atoms with E-state index in [2.05, 4.69) is 20.6 Å². The molecule has 0 radical (unpaired) electrons. The van der Waals surface area contributed by atoms with Crippen LogP contribution in [-0.2, 0) is 15.8 Å². The molecule has 2 aliphatic heterocycles. The molecule has 10 heteroatoms. The molecule has 2 saturated heterocycles. The fraction of sp³-hybridized carbons (Fsp3) is 0.647. The van der Waals surface area contributed by atoms with Gasteiger partial charge in [0, 0.05) is 44.1 Å². The fourth-order valence-electron chi connectivity index (χ4n) is 3.44.